The zero-order valence-corrected chi connectivity index (χ0v) is 27.9. The third kappa shape index (κ3) is 9.09. The third-order valence-corrected chi connectivity index (χ3v) is 7.82. The first kappa shape index (κ1) is 37.3. The molecule has 0 atom stereocenters. The van der Waals surface area contributed by atoms with E-state index in [0.717, 1.165) is 34.2 Å². The van der Waals surface area contributed by atoms with Crippen LogP contribution in [-0.4, -0.2) is 21.6 Å². The molecule has 0 N–H and O–H groups in total. The first-order valence-corrected chi connectivity index (χ1v) is 16.1. The Morgan fingerprint density at radius 3 is 1.51 bits per heavy atom. The number of rotatable bonds is 6. The van der Waals surface area contributed by atoms with Crippen LogP contribution in [0.5, 0.6) is 0 Å². The number of hydrogen-bond donors (Lipinski definition) is 0. The van der Waals surface area contributed by atoms with Crippen molar-refractivity contribution >= 4 is 41.1 Å². The standard InChI is InChI=1S/C17H16ClNO.C17H14ClNO.2C2H6.CH4/c2*1-2-12-8-14-11-19(10-13-6-4-3-5-7-13)17(20)16(14)15(18)9-12;2*1-2;/h3-9H,2,10-11H2,1H3;2-9H,1,10-11H2;2*1-2H3;1H4. The zero-order valence-electron chi connectivity index (χ0n) is 26.4. The maximum atomic E-state index is 12.5. The van der Waals surface area contributed by atoms with E-state index in [2.05, 4.69) is 19.6 Å². The van der Waals surface area contributed by atoms with E-state index in [1.807, 2.05) is 110 Å². The topological polar surface area (TPSA) is 40.6 Å². The highest BCUT2D eigenvalue weighted by molar-refractivity contribution is 6.35. The Bertz CT molecular complexity index is 1570. The number of nitrogens with zero attached hydrogens (tertiary/aromatic N) is 2. The van der Waals surface area contributed by atoms with Gasteiger partial charge in [-0.1, -0.05) is 145 Å². The van der Waals surface area contributed by atoms with Gasteiger partial charge in [0.15, 0.2) is 0 Å². The van der Waals surface area contributed by atoms with Crippen LogP contribution in [-0.2, 0) is 32.6 Å². The molecule has 2 amide bonds. The van der Waals surface area contributed by atoms with E-state index >= 15 is 0 Å². The van der Waals surface area contributed by atoms with Crippen molar-refractivity contribution in [2.24, 2.45) is 0 Å². The van der Waals surface area contributed by atoms with Gasteiger partial charge in [-0.3, -0.25) is 9.59 Å². The largest absolute Gasteiger partial charge is 0.330 e. The summed E-state index contributed by atoms with van der Waals surface area (Å²) in [6.07, 6.45) is 2.68. The second kappa shape index (κ2) is 18.2. The van der Waals surface area contributed by atoms with Gasteiger partial charge in [-0.25, -0.2) is 0 Å². The number of benzene rings is 4. The van der Waals surface area contributed by atoms with E-state index in [9.17, 15) is 9.59 Å². The van der Waals surface area contributed by atoms with Crippen LogP contribution in [0.1, 0.15) is 96.1 Å². The number of aryl methyl sites for hydroxylation is 1. The molecule has 2 aliphatic heterocycles. The maximum Gasteiger partial charge on any atom is 0.256 e. The van der Waals surface area contributed by atoms with Crippen molar-refractivity contribution in [1.82, 2.24) is 9.80 Å². The lowest BCUT2D eigenvalue weighted by Gasteiger charge is -2.15. The molecule has 6 heteroatoms. The molecule has 0 saturated carbocycles. The van der Waals surface area contributed by atoms with E-state index in [1.54, 1.807) is 12.1 Å². The zero-order chi connectivity index (χ0) is 32.2. The second-order valence-corrected chi connectivity index (χ2v) is 10.8. The van der Waals surface area contributed by atoms with Crippen LogP contribution in [0.2, 0.25) is 10.0 Å². The van der Waals surface area contributed by atoms with Gasteiger partial charge in [-0.15, -0.1) is 0 Å². The molecule has 6 rings (SSSR count). The average Bonchev–Trinajstić information content (AvgIpc) is 3.55. The quantitative estimate of drug-likeness (QED) is 0.209. The monoisotopic (exact) mass is 644 g/mol. The summed E-state index contributed by atoms with van der Waals surface area (Å²) in [5.74, 6) is 0.0426. The second-order valence-electron chi connectivity index (χ2n) is 10.00. The molecule has 0 radical (unpaired) electrons. The van der Waals surface area contributed by atoms with Crippen LogP contribution in [0.4, 0.5) is 0 Å². The highest BCUT2D eigenvalue weighted by Crippen LogP contribution is 2.33. The van der Waals surface area contributed by atoms with Crippen LogP contribution in [0.3, 0.4) is 0 Å². The Balaban J connectivity index is 0.000000277. The van der Waals surface area contributed by atoms with Gasteiger partial charge in [-0.2, -0.15) is 0 Å². The summed E-state index contributed by atoms with van der Waals surface area (Å²) in [7, 11) is 0. The van der Waals surface area contributed by atoms with Crippen molar-refractivity contribution in [1.29, 1.82) is 0 Å². The Labute approximate surface area is 280 Å². The van der Waals surface area contributed by atoms with Crippen molar-refractivity contribution in [2.45, 2.75) is 74.6 Å². The van der Waals surface area contributed by atoms with E-state index in [-0.39, 0.29) is 19.2 Å². The number of fused-ring (bicyclic) bond motifs is 2. The van der Waals surface area contributed by atoms with Crippen LogP contribution >= 0.6 is 23.2 Å². The number of amides is 2. The minimum Gasteiger partial charge on any atom is -0.330 e. The van der Waals surface area contributed by atoms with Gasteiger partial charge >= 0.3 is 0 Å². The Morgan fingerprint density at radius 2 is 1.09 bits per heavy atom. The van der Waals surface area contributed by atoms with Gasteiger partial charge < -0.3 is 9.80 Å². The molecule has 45 heavy (non-hydrogen) atoms. The summed E-state index contributed by atoms with van der Waals surface area (Å²) in [5.41, 5.74) is 7.73. The van der Waals surface area contributed by atoms with Crippen molar-refractivity contribution < 1.29 is 9.59 Å². The molecule has 0 bridgehead atoms. The molecule has 4 nitrogen and oxygen atoms in total. The molecule has 0 aliphatic carbocycles. The summed E-state index contributed by atoms with van der Waals surface area (Å²) in [5, 5.41) is 1.10. The predicted octanol–water partition coefficient (Wildman–Crippen LogP) is 10.9. The minimum atomic E-state index is 0. The van der Waals surface area contributed by atoms with E-state index in [0.29, 0.717) is 47.4 Å². The van der Waals surface area contributed by atoms with E-state index in [1.165, 1.54) is 5.56 Å². The lowest BCUT2D eigenvalue weighted by molar-refractivity contribution is 0.0759. The maximum absolute atomic E-state index is 12.5. The third-order valence-electron chi connectivity index (χ3n) is 7.23. The van der Waals surface area contributed by atoms with Gasteiger partial charge in [-0.05, 0) is 58.0 Å². The molecule has 0 spiro atoms. The van der Waals surface area contributed by atoms with Gasteiger partial charge in [0, 0.05) is 26.2 Å². The van der Waals surface area contributed by atoms with E-state index in [4.69, 9.17) is 23.2 Å². The van der Waals surface area contributed by atoms with Crippen molar-refractivity contribution in [3.63, 3.8) is 0 Å². The van der Waals surface area contributed by atoms with Gasteiger partial charge in [0.2, 0.25) is 0 Å². The summed E-state index contributed by atoms with van der Waals surface area (Å²) in [6.45, 7) is 16.3. The Kier molecular flexibility index (Phi) is 15.1. The molecule has 2 heterocycles. The Morgan fingerprint density at radius 1 is 0.667 bits per heavy atom. The molecule has 238 valence electrons. The summed E-state index contributed by atoms with van der Waals surface area (Å²) in [6, 6.07) is 27.8. The summed E-state index contributed by atoms with van der Waals surface area (Å²) >= 11 is 12.5. The molecule has 2 aliphatic rings. The SMILES string of the molecule is C.C=Cc1cc(Cl)c2c(c1)CN(Cc1ccccc1)C2=O.CC.CC.CCc1cc(Cl)c2c(c1)CN(Cc1ccccc1)C2=O. The van der Waals surface area contributed by atoms with Crippen LogP contribution in [0, 0.1) is 0 Å². The number of hydrogen-bond acceptors (Lipinski definition) is 2. The fourth-order valence-corrected chi connectivity index (χ4v) is 5.87. The predicted molar refractivity (Wildman–Crippen MR) is 192 cm³/mol. The number of carbonyl (C=O) groups excluding carboxylic acids is 2. The molecule has 4 aromatic rings. The number of carbonyl (C=O) groups is 2. The van der Waals surface area contributed by atoms with Gasteiger partial charge in [0.25, 0.3) is 11.8 Å². The fraction of sp³-hybridized carbons (Fsp3) is 0.282. The smallest absolute Gasteiger partial charge is 0.256 e. The van der Waals surface area contributed by atoms with Gasteiger partial charge in [0.05, 0.1) is 21.2 Å². The fourth-order valence-electron chi connectivity index (χ4n) is 5.20. The average molecular weight is 646 g/mol. The van der Waals surface area contributed by atoms with E-state index < -0.39 is 0 Å². The molecule has 0 aromatic heterocycles. The first-order valence-electron chi connectivity index (χ1n) is 15.3. The first-order chi connectivity index (χ1) is 21.4. The lowest BCUT2D eigenvalue weighted by Crippen LogP contribution is -2.23. The van der Waals surface area contributed by atoms with Crippen molar-refractivity contribution in [3.05, 3.63) is 146 Å². The molecular formula is C39H46Cl2N2O2. The minimum absolute atomic E-state index is 0. The highest BCUT2D eigenvalue weighted by Gasteiger charge is 2.31. The normalized spacial score (nSPS) is 12.3. The van der Waals surface area contributed by atoms with Crippen molar-refractivity contribution in [2.75, 3.05) is 0 Å². The van der Waals surface area contributed by atoms with Crippen molar-refractivity contribution in [3.8, 4) is 0 Å². The molecule has 0 unspecified atom stereocenters. The molecule has 0 fully saturated rings. The van der Waals surface area contributed by atoms with Gasteiger partial charge in [0.1, 0.15) is 0 Å². The molecular weight excluding hydrogens is 599 g/mol. The van der Waals surface area contributed by atoms with Crippen LogP contribution < -0.4 is 0 Å². The Hall–Kier alpha value is -3.86. The summed E-state index contributed by atoms with van der Waals surface area (Å²) in [4.78, 5) is 28.6. The van der Waals surface area contributed by atoms with Crippen LogP contribution in [0.15, 0.2) is 91.5 Å². The highest BCUT2D eigenvalue weighted by atomic mass is 35.5. The molecule has 4 aromatic carbocycles. The lowest BCUT2D eigenvalue weighted by atomic mass is 10.0. The summed E-state index contributed by atoms with van der Waals surface area (Å²) < 4.78 is 0. The van der Waals surface area contributed by atoms with Crippen LogP contribution in [0.25, 0.3) is 6.08 Å². The number of halogens is 2. The molecule has 0 saturated heterocycles.